The van der Waals surface area contributed by atoms with Gasteiger partial charge in [0, 0.05) is 0 Å². The van der Waals surface area contributed by atoms with Crippen LogP contribution in [0.2, 0.25) is 0 Å². The average molecular weight is 488 g/mol. The van der Waals surface area contributed by atoms with Crippen molar-refractivity contribution in [2.45, 2.75) is 82.2 Å². The molecule has 0 aromatic heterocycles. The van der Waals surface area contributed by atoms with Crippen molar-refractivity contribution < 1.29 is 37.2 Å². The van der Waals surface area contributed by atoms with E-state index in [4.69, 9.17) is 20.1 Å². The molecule has 0 saturated carbocycles. The lowest BCUT2D eigenvalue weighted by molar-refractivity contribution is -0.264. The average Bonchev–Trinajstić information content (AvgIpc) is 2.64. The highest BCUT2D eigenvalue weighted by Gasteiger charge is 2.55. The van der Waals surface area contributed by atoms with Crippen molar-refractivity contribution in [2.24, 2.45) is 5.73 Å². The maximum absolute atomic E-state index is 12.2. The van der Waals surface area contributed by atoms with E-state index < -0.39 is 51.7 Å². The molecule has 11 nitrogen and oxygen atoms in total. The van der Waals surface area contributed by atoms with Crippen LogP contribution in [0.3, 0.4) is 0 Å². The molecular weight excluding hydrogens is 454 g/mol. The Kier molecular flexibility index (Phi) is 9.15. The van der Waals surface area contributed by atoms with Crippen LogP contribution in [-0.4, -0.2) is 65.2 Å². The Morgan fingerprint density at radius 2 is 1.58 bits per heavy atom. The van der Waals surface area contributed by atoms with Gasteiger partial charge in [0.2, 0.25) is 11.8 Å². The van der Waals surface area contributed by atoms with E-state index in [2.05, 4.69) is 10.6 Å². The smallest absolute Gasteiger partial charge is 0.305 e. The first-order valence-electron chi connectivity index (χ1n) is 10.2. The fourth-order valence-corrected chi connectivity index (χ4v) is 4.05. The van der Waals surface area contributed by atoms with Gasteiger partial charge in [-0.05, 0) is 53.7 Å². The molecule has 0 unspecified atom stereocenters. The van der Waals surface area contributed by atoms with E-state index in [0.29, 0.717) is 0 Å². The molecule has 12 heteroatoms. The summed E-state index contributed by atoms with van der Waals surface area (Å²) < 4.78 is 35.2. The number of carbonyl (C=O) groups is 3. The Labute approximate surface area is 193 Å². The second-order valence-electron chi connectivity index (χ2n) is 8.97. The Hall–Kier alpha value is -2.54. The van der Waals surface area contributed by atoms with Crippen LogP contribution in [0.5, 0.6) is 0 Å². The fraction of sp³-hybridized carbons (Fsp3) is 0.571. The minimum atomic E-state index is -4.02. The van der Waals surface area contributed by atoms with Crippen molar-refractivity contribution in [2.75, 3.05) is 0 Å². The normalized spacial score (nSPS) is 18.5. The molecule has 0 bridgehead atoms. The fourth-order valence-electron chi connectivity index (χ4n) is 3.57. The molecular formula is C21H33N3O8S. The number of amides is 2. The maximum Gasteiger partial charge on any atom is 0.305 e. The van der Waals surface area contributed by atoms with Gasteiger partial charge in [0.05, 0.1) is 34.6 Å². The van der Waals surface area contributed by atoms with Crippen molar-refractivity contribution in [1.29, 1.82) is 0 Å². The van der Waals surface area contributed by atoms with Gasteiger partial charge >= 0.3 is 5.97 Å². The molecule has 186 valence electrons. The molecule has 6 N–H and O–H groups in total. The third kappa shape index (κ3) is 8.39. The number of carbonyl (C=O) groups excluding carboxylic acids is 2. The summed E-state index contributed by atoms with van der Waals surface area (Å²) in [6.07, 6.45) is -0.489. The van der Waals surface area contributed by atoms with Gasteiger partial charge in [-0.1, -0.05) is 17.7 Å². The number of hydrogen-bond acceptors (Lipinski definition) is 7. The number of carboxylic acid groups (broad SMARTS) is 1. The van der Waals surface area contributed by atoms with E-state index in [1.807, 2.05) is 34.6 Å². The summed E-state index contributed by atoms with van der Waals surface area (Å²) in [6.45, 7) is 10.8. The number of benzene rings is 1. The lowest BCUT2D eigenvalue weighted by Crippen LogP contribution is -2.74. The minimum absolute atomic E-state index is 0.0666. The molecule has 2 amide bonds. The van der Waals surface area contributed by atoms with Gasteiger partial charge in [-0.25, -0.2) is 0 Å². The lowest BCUT2D eigenvalue weighted by Gasteiger charge is -2.57. The van der Waals surface area contributed by atoms with E-state index in [1.54, 1.807) is 12.1 Å². The van der Waals surface area contributed by atoms with Crippen LogP contribution in [0.4, 0.5) is 0 Å². The van der Waals surface area contributed by atoms with E-state index in [0.717, 1.165) is 5.56 Å². The SMILES string of the molecule is C[C@@H](NC(=O)[C@@H](N)CC(=O)O)C(=O)NC1C(C)(C)OC1(C)C.Cc1ccc(S(=O)(=O)O)cc1. The van der Waals surface area contributed by atoms with Crippen LogP contribution < -0.4 is 16.4 Å². The van der Waals surface area contributed by atoms with Crippen LogP contribution in [-0.2, 0) is 29.2 Å². The largest absolute Gasteiger partial charge is 0.481 e. The first-order chi connectivity index (χ1) is 14.9. The topological polar surface area (TPSA) is 185 Å². The van der Waals surface area contributed by atoms with Crippen molar-refractivity contribution in [3.63, 3.8) is 0 Å². The molecule has 0 aliphatic carbocycles. The highest BCUT2D eigenvalue weighted by molar-refractivity contribution is 7.85. The quantitative estimate of drug-likeness (QED) is 0.344. The maximum atomic E-state index is 12.2. The molecule has 1 aliphatic rings. The number of rotatable bonds is 7. The Morgan fingerprint density at radius 3 is 1.97 bits per heavy atom. The van der Waals surface area contributed by atoms with Crippen LogP contribution in [0.1, 0.15) is 46.6 Å². The summed E-state index contributed by atoms with van der Waals surface area (Å²) >= 11 is 0. The predicted octanol–water partition coefficient (Wildman–Crippen LogP) is 0.607. The summed E-state index contributed by atoms with van der Waals surface area (Å²) in [5, 5.41) is 13.9. The van der Waals surface area contributed by atoms with Crippen molar-refractivity contribution in [1.82, 2.24) is 10.6 Å². The van der Waals surface area contributed by atoms with Gasteiger partial charge in [-0.3, -0.25) is 18.9 Å². The second kappa shape index (κ2) is 10.6. The first kappa shape index (κ1) is 28.5. The molecule has 1 saturated heterocycles. The van der Waals surface area contributed by atoms with Gasteiger partial charge in [0.25, 0.3) is 10.1 Å². The van der Waals surface area contributed by atoms with Crippen LogP contribution >= 0.6 is 0 Å². The lowest BCUT2D eigenvalue weighted by atomic mass is 9.78. The molecule has 1 aromatic rings. The number of aryl methyl sites for hydroxylation is 1. The van der Waals surface area contributed by atoms with Gasteiger partial charge < -0.3 is 26.2 Å². The third-order valence-corrected chi connectivity index (χ3v) is 5.87. The van der Waals surface area contributed by atoms with Gasteiger partial charge in [0.1, 0.15) is 6.04 Å². The minimum Gasteiger partial charge on any atom is -0.481 e. The predicted molar refractivity (Wildman–Crippen MR) is 120 cm³/mol. The zero-order valence-electron chi connectivity index (χ0n) is 19.6. The molecule has 33 heavy (non-hydrogen) atoms. The summed E-state index contributed by atoms with van der Waals surface area (Å²) in [4.78, 5) is 34.3. The van der Waals surface area contributed by atoms with Crippen LogP contribution in [0, 0.1) is 6.92 Å². The molecule has 2 rings (SSSR count). The van der Waals surface area contributed by atoms with Gasteiger partial charge in [-0.2, -0.15) is 8.42 Å². The molecule has 0 radical (unpaired) electrons. The van der Waals surface area contributed by atoms with Crippen LogP contribution in [0.25, 0.3) is 0 Å². The van der Waals surface area contributed by atoms with Crippen molar-refractivity contribution >= 4 is 27.9 Å². The summed E-state index contributed by atoms with van der Waals surface area (Å²) in [5.41, 5.74) is 5.44. The number of nitrogens with two attached hydrogens (primary N) is 1. The molecule has 1 fully saturated rings. The zero-order chi connectivity index (χ0) is 25.8. The second-order valence-corrected chi connectivity index (χ2v) is 10.4. The molecule has 0 spiro atoms. The molecule has 1 aliphatic heterocycles. The van der Waals surface area contributed by atoms with Gasteiger partial charge in [-0.15, -0.1) is 0 Å². The van der Waals surface area contributed by atoms with E-state index in [1.165, 1.54) is 19.1 Å². The van der Waals surface area contributed by atoms with E-state index in [-0.39, 0.29) is 16.8 Å². The Morgan fingerprint density at radius 1 is 1.09 bits per heavy atom. The number of carboxylic acids is 1. The molecule has 1 heterocycles. The first-order valence-corrected chi connectivity index (χ1v) is 11.6. The highest BCUT2D eigenvalue weighted by Crippen LogP contribution is 2.40. The van der Waals surface area contributed by atoms with Crippen LogP contribution in [0.15, 0.2) is 29.2 Å². The zero-order valence-corrected chi connectivity index (χ0v) is 20.4. The third-order valence-electron chi connectivity index (χ3n) is 5.01. The Balaban J connectivity index is 0.000000412. The summed E-state index contributed by atoms with van der Waals surface area (Å²) in [5.74, 6) is -2.21. The summed E-state index contributed by atoms with van der Waals surface area (Å²) in [7, 11) is -4.02. The number of hydrogen-bond donors (Lipinski definition) is 5. The van der Waals surface area contributed by atoms with Gasteiger partial charge in [0.15, 0.2) is 0 Å². The molecule has 1 aromatic carbocycles. The Bertz CT molecular complexity index is 960. The number of aliphatic carboxylic acids is 1. The summed E-state index contributed by atoms with van der Waals surface area (Å²) in [6, 6.07) is 3.79. The van der Waals surface area contributed by atoms with Crippen molar-refractivity contribution in [3.05, 3.63) is 29.8 Å². The van der Waals surface area contributed by atoms with E-state index in [9.17, 15) is 22.8 Å². The van der Waals surface area contributed by atoms with Crippen molar-refractivity contribution in [3.8, 4) is 0 Å². The molecule has 2 atom stereocenters. The van der Waals surface area contributed by atoms with E-state index >= 15 is 0 Å². The highest BCUT2D eigenvalue weighted by atomic mass is 32.2. The standard InChI is InChI=1S/C14H25N3O5.C7H8O3S/c1-7(16-11(21)8(15)6-9(18)19)10(20)17-12-13(2,3)22-14(12,4)5;1-6-2-4-7(5-3-6)11(8,9)10/h7-8,12H,6,15H2,1-5H3,(H,16,21)(H,17,20)(H,18,19);2-5H,1H3,(H,8,9,10)/t7-,8+;/m1./s1. The monoisotopic (exact) mass is 487 g/mol. The number of ether oxygens (including phenoxy) is 1. The number of nitrogens with one attached hydrogen (secondary N) is 2.